The summed E-state index contributed by atoms with van der Waals surface area (Å²) < 4.78 is 13.2. The number of carbonyl (C=O) groups excluding carboxylic acids is 2. The van der Waals surface area contributed by atoms with Crippen LogP contribution in [0.4, 0.5) is 10.1 Å². The van der Waals surface area contributed by atoms with Gasteiger partial charge in [0.2, 0.25) is 5.91 Å². The van der Waals surface area contributed by atoms with Gasteiger partial charge in [-0.2, -0.15) is 0 Å². The van der Waals surface area contributed by atoms with Crippen molar-refractivity contribution in [3.8, 4) is 0 Å². The van der Waals surface area contributed by atoms with E-state index in [4.69, 9.17) is 5.73 Å². The van der Waals surface area contributed by atoms with Crippen molar-refractivity contribution in [2.75, 3.05) is 12.3 Å². The van der Waals surface area contributed by atoms with Crippen molar-refractivity contribution in [2.45, 2.75) is 26.3 Å². The van der Waals surface area contributed by atoms with Crippen molar-refractivity contribution in [1.82, 2.24) is 10.6 Å². The first-order valence-corrected chi connectivity index (χ1v) is 6.03. The topological polar surface area (TPSA) is 84.2 Å². The fourth-order valence-corrected chi connectivity index (χ4v) is 1.51. The highest BCUT2D eigenvalue weighted by Crippen LogP contribution is 2.15. The first kappa shape index (κ1) is 14.9. The summed E-state index contributed by atoms with van der Waals surface area (Å²) in [6.07, 6.45) is 0.166. The molecule has 0 aliphatic carbocycles. The molecule has 1 aromatic rings. The molecule has 0 aliphatic rings. The lowest BCUT2D eigenvalue weighted by Crippen LogP contribution is -2.34. The molecule has 1 aromatic carbocycles. The van der Waals surface area contributed by atoms with Crippen LogP contribution < -0.4 is 16.4 Å². The number of halogens is 1. The zero-order chi connectivity index (χ0) is 14.4. The van der Waals surface area contributed by atoms with Crippen LogP contribution in [0.15, 0.2) is 18.2 Å². The Hall–Kier alpha value is -2.11. The second kappa shape index (κ2) is 6.72. The largest absolute Gasteiger partial charge is 0.396 e. The fraction of sp³-hybridized carbons (Fsp3) is 0.385. The van der Waals surface area contributed by atoms with E-state index in [0.29, 0.717) is 0 Å². The zero-order valence-corrected chi connectivity index (χ0v) is 11.0. The highest BCUT2D eigenvalue weighted by atomic mass is 19.1. The third-order valence-corrected chi connectivity index (χ3v) is 2.38. The van der Waals surface area contributed by atoms with Crippen LogP contribution in [-0.4, -0.2) is 24.4 Å². The van der Waals surface area contributed by atoms with E-state index in [1.807, 2.05) is 13.8 Å². The van der Waals surface area contributed by atoms with Crippen molar-refractivity contribution in [1.29, 1.82) is 0 Å². The Balaban J connectivity index is 2.48. The normalized spacial score (nSPS) is 10.3. The molecule has 1 rings (SSSR count). The number of hydrogen-bond donors (Lipinski definition) is 3. The Kier molecular flexibility index (Phi) is 5.29. The third-order valence-electron chi connectivity index (χ3n) is 2.38. The van der Waals surface area contributed by atoms with E-state index in [2.05, 4.69) is 10.6 Å². The van der Waals surface area contributed by atoms with Gasteiger partial charge in [-0.25, -0.2) is 4.39 Å². The predicted molar refractivity (Wildman–Crippen MR) is 71.0 cm³/mol. The second-order valence-electron chi connectivity index (χ2n) is 4.43. The van der Waals surface area contributed by atoms with E-state index < -0.39 is 11.7 Å². The van der Waals surface area contributed by atoms with Crippen molar-refractivity contribution < 1.29 is 14.0 Å². The standard InChI is InChI=1S/C13H18FN3O2/c1-8(2)17-11(18)6-7-16-13(19)9-4-3-5-10(14)12(9)15/h3-5,8H,6-7,15H2,1-2H3,(H,16,19)(H,17,18). The molecule has 0 fully saturated rings. The van der Waals surface area contributed by atoms with Crippen LogP contribution in [0, 0.1) is 5.82 Å². The molecule has 0 unspecified atom stereocenters. The van der Waals surface area contributed by atoms with Crippen LogP contribution in [0.3, 0.4) is 0 Å². The Morgan fingerprint density at radius 3 is 2.68 bits per heavy atom. The van der Waals surface area contributed by atoms with Crippen molar-refractivity contribution >= 4 is 17.5 Å². The maximum absolute atomic E-state index is 13.2. The number of anilines is 1. The highest BCUT2D eigenvalue weighted by Gasteiger charge is 2.12. The lowest BCUT2D eigenvalue weighted by atomic mass is 10.1. The van der Waals surface area contributed by atoms with Gasteiger partial charge in [-0.15, -0.1) is 0 Å². The molecule has 0 aliphatic heterocycles. The SMILES string of the molecule is CC(C)NC(=O)CCNC(=O)c1cccc(F)c1N. The summed E-state index contributed by atoms with van der Waals surface area (Å²) in [6.45, 7) is 3.88. The summed E-state index contributed by atoms with van der Waals surface area (Å²) in [5.74, 6) is -1.28. The van der Waals surface area contributed by atoms with Gasteiger partial charge in [0.25, 0.3) is 5.91 Å². The third kappa shape index (κ3) is 4.57. The molecule has 104 valence electrons. The van der Waals surface area contributed by atoms with Gasteiger partial charge in [-0.1, -0.05) is 6.07 Å². The molecular formula is C13H18FN3O2. The molecule has 0 saturated heterocycles. The molecule has 2 amide bonds. The molecular weight excluding hydrogens is 249 g/mol. The minimum Gasteiger partial charge on any atom is -0.396 e. The van der Waals surface area contributed by atoms with Crippen molar-refractivity contribution in [2.24, 2.45) is 0 Å². The lowest BCUT2D eigenvalue weighted by molar-refractivity contribution is -0.121. The summed E-state index contributed by atoms with van der Waals surface area (Å²) >= 11 is 0. The molecule has 19 heavy (non-hydrogen) atoms. The molecule has 0 saturated carbocycles. The quantitative estimate of drug-likeness (QED) is 0.697. The molecule has 0 radical (unpaired) electrons. The molecule has 5 nitrogen and oxygen atoms in total. The summed E-state index contributed by atoms with van der Waals surface area (Å²) in [7, 11) is 0. The predicted octanol–water partition coefficient (Wildman–Crippen LogP) is 1.05. The number of carbonyl (C=O) groups is 2. The monoisotopic (exact) mass is 267 g/mol. The summed E-state index contributed by atoms with van der Waals surface area (Å²) in [4.78, 5) is 23.1. The number of nitrogens with two attached hydrogens (primary N) is 1. The second-order valence-corrected chi connectivity index (χ2v) is 4.43. The number of nitrogens with one attached hydrogen (secondary N) is 2. The maximum Gasteiger partial charge on any atom is 0.253 e. The minimum absolute atomic E-state index is 0.0575. The van der Waals surface area contributed by atoms with Gasteiger partial charge in [0, 0.05) is 19.0 Å². The number of hydrogen-bond acceptors (Lipinski definition) is 3. The van der Waals surface area contributed by atoms with Gasteiger partial charge < -0.3 is 16.4 Å². The number of benzene rings is 1. The Morgan fingerprint density at radius 1 is 1.37 bits per heavy atom. The van der Waals surface area contributed by atoms with Crippen LogP contribution in [0.1, 0.15) is 30.6 Å². The Morgan fingerprint density at radius 2 is 2.05 bits per heavy atom. The zero-order valence-electron chi connectivity index (χ0n) is 11.0. The summed E-state index contributed by atoms with van der Waals surface area (Å²) in [5, 5.41) is 5.23. The van der Waals surface area contributed by atoms with Crippen molar-refractivity contribution in [3.63, 3.8) is 0 Å². The van der Waals surface area contributed by atoms with Gasteiger partial charge in [0.05, 0.1) is 11.3 Å². The highest BCUT2D eigenvalue weighted by molar-refractivity contribution is 5.99. The van der Waals surface area contributed by atoms with Crippen molar-refractivity contribution in [3.05, 3.63) is 29.6 Å². The summed E-state index contributed by atoms with van der Waals surface area (Å²) in [5.41, 5.74) is 5.35. The van der Waals surface area contributed by atoms with E-state index in [9.17, 15) is 14.0 Å². The number of amides is 2. The number of nitrogen functional groups attached to an aromatic ring is 1. The van der Waals surface area contributed by atoms with Gasteiger partial charge in [-0.05, 0) is 26.0 Å². The van der Waals surface area contributed by atoms with E-state index in [1.54, 1.807) is 0 Å². The maximum atomic E-state index is 13.2. The average molecular weight is 267 g/mol. The van der Waals surface area contributed by atoms with Gasteiger partial charge >= 0.3 is 0 Å². The minimum atomic E-state index is -0.634. The van der Waals surface area contributed by atoms with E-state index in [-0.39, 0.29) is 36.2 Å². The molecule has 0 aromatic heterocycles. The Labute approximate surface area is 111 Å². The van der Waals surface area contributed by atoms with E-state index >= 15 is 0 Å². The molecule has 0 bridgehead atoms. The van der Waals surface area contributed by atoms with Crippen LogP contribution in [0.2, 0.25) is 0 Å². The average Bonchev–Trinajstić information content (AvgIpc) is 2.31. The van der Waals surface area contributed by atoms with Crippen LogP contribution in [0.25, 0.3) is 0 Å². The lowest BCUT2D eigenvalue weighted by Gasteiger charge is -2.10. The number of para-hydroxylation sites is 1. The first-order chi connectivity index (χ1) is 8.91. The van der Waals surface area contributed by atoms with E-state index in [0.717, 1.165) is 0 Å². The smallest absolute Gasteiger partial charge is 0.253 e. The van der Waals surface area contributed by atoms with E-state index in [1.165, 1.54) is 18.2 Å². The fourth-order valence-electron chi connectivity index (χ4n) is 1.51. The van der Waals surface area contributed by atoms with Gasteiger partial charge in [0.15, 0.2) is 0 Å². The van der Waals surface area contributed by atoms with Gasteiger partial charge in [-0.3, -0.25) is 9.59 Å². The molecule has 6 heteroatoms. The summed E-state index contributed by atoms with van der Waals surface area (Å²) in [6, 6.07) is 4.08. The molecule has 0 spiro atoms. The van der Waals surface area contributed by atoms with Crippen LogP contribution >= 0.6 is 0 Å². The van der Waals surface area contributed by atoms with Crippen LogP contribution in [-0.2, 0) is 4.79 Å². The van der Waals surface area contributed by atoms with Crippen LogP contribution in [0.5, 0.6) is 0 Å². The molecule has 0 atom stereocenters. The first-order valence-electron chi connectivity index (χ1n) is 6.03. The van der Waals surface area contributed by atoms with Gasteiger partial charge in [0.1, 0.15) is 5.82 Å². The Bertz CT molecular complexity index is 475. The molecule has 4 N–H and O–H groups in total. The molecule has 0 heterocycles. The number of rotatable bonds is 5.